The molecule has 1 aliphatic heterocycles. The van der Waals surface area contributed by atoms with Crippen LogP contribution in [0.4, 0.5) is 0 Å². The fraction of sp³-hybridized carbons (Fsp3) is 0.280. The highest BCUT2D eigenvalue weighted by molar-refractivity contribution is 5.87. The Morgan fingerprint density at radius 1 is 1.03 bits per heavy atom. The predicted octanol–water partition coefficient (Wildman–Crippen LogP) is 0.656. The molecule has 1 aliphatic rings. The molecule has 3 aromatic rings. The van der Waals surface area contributed by atoms with Crippen molar-refractivity contribution >= 4 is 23.0 Å². The molecule has 0 saturated carbocycles. The molecule has 2 aromatic carbocycles. The molecule has 0 radical (unpaired) electrons. The normalized spacial score (nSPS) is 23.7. The maximum absolute atomic E-state index is 12.3. The average molecular weight is 516 g/mol. The monoisotopic (exact) mass is 516 g/mol. The number of esters is 1. The second-order valence-electron chi connectivity index (χ2n) is 8.10. The van der Waals surface area contributed by atoms with Crippen molar-refractivity contribution in [3.8, 4) is 23.0 Å². The van der Waals surface area contributed by atoms with Gasteiger partial charge in [0, 0.05) is 23.6 Å². The minimum Gasteiger partial charge on any atom is -0.504 e. The second-order valence-corrected chi connectivity index (χ2v) is 8.10. The fourth-order valence-electron chi connectivity index (χ4n) is 3.73. The van der Waals surface area contributed by atoms with Crippen LogP contribution in [-0.4, -0.2) is 75.9 Å². The molecule has 1 saturated heterocycles. The number of aromatic hydroxyl groups is 2. The van der Waals surface area contributed by atoms with E-state index in [2.05, 4.69) is 0 Å². The smallest absolute Gasteiger partial charge is 0.336 e. The van der Waals surface area contributed by atoms with E-state index in [0.717, 1.165) is 6.08 Å². The van der Waals surface area contributed by atoms with Crippen LogP contribution in [-0.2, 0) is 14.3 Å². The van der Waals surface area contributed by atoms with E-state index >= 15 is 0 Å². The van der Waals surface area contributed by atoms with Gasteiger partial charge in [0.15, 0.2) is 29.1 Å². The second kappa shape index (κ2) is 10.9. The first kappa shape index (κ1) is 26.0. The molecule has 1 fully saturated rings. The standard InChI is InChI=1S/C25H24O12/c1-33-17-9-13-4-7-20(29)34-16(13)10-18(17)35-25-23(32)22(31)24(19(11-26)36-25)37-21(30)6-3-12-2-5-14(27)15(28)8-12/h2-10,19,22-28,31-32H,11H2,1H3/b6-3+. The quantitative estimate of drug-likeness (QED) is 0.128. The first-order chi connectivity index (χ1) is 17.7. The number of methoxy groups -OCH3 is 1. The number of aliphatic hydroxyl groups excluding tert-OH is 3. The summed E-state index contributed by atoms with van der Waals surface area (Å²) in [5.41, 5.74) is -0.0391. The van der Waals surface area contributed by atoms with Crippen molar-refractivity contribution in [3.05, 3.63) is 64.5 Å². The molecular weight excluding hydrogens is 492 g/mol. The predicted molar refractivity (Wildman–Crippen MR) is 126 cm³/mol. The van der Waals surface area contributed by atoms with Crippen molar-refractivity contribution in [3.63, 3.8) is 0 Å². The SMILES string of the molecule is COc1cc2ccc(=O)oc2cc1OC1OC(CO)C(OC(=O)/C=C/c2ccc(O)c(O)c2)C(O)C1O. The molecule has 12 nitrogen and oxygen atoms in total. The number of hydrogen-bond donors (Lipinski definition) is 5. The number of carbonyl (C=O) groups is 1. The van der Waals surface area contributed by atoms with Crippen LogP contribution in [0.3, 0.4) is 0 Å². The van der Waals surface area contributed by atoms with E-state index in [1.54, 1.807) is 0 Å². The zero-order chi connectivity index (χ0) is 26.7. The number of fused-ring (bicyclic) bond motifs is 1. The maximum Gasteiger partial charge on any atom is 0.336 e. The van der Waals surface area contributed by atoms with Crippen LogP contribution >= 0.6 is 0 Å². The number of ether oxygens (including phenoxy) is 4. The molecule has 4 rings (SSSR count). The zero-order valence-corrected chi connectivity index (χ0v) is 19.4. The zero-order valence-electron chi connectivity index (χ0n) is 19.4. The largest absolute Gasteiger partial charge is 0.504 e. The molecule has 0 bridgehead atoms. The van der Waals surface area contributed by atoms with Crippen molar-refractivity contribution in [1.29, 1.82) is 0 Å². The summed E-state index contributed by atoms with van der Waals surface area (Å²) in [5.74, 6) is -1.41. The molecule has 37 heavy (non-hydrogen) atoms. The molecule has 0 aliphatic carbocycles. The van der Waals surface area contributed by atoms with Crippen molar-refractivity contribution in [2.24, 2.45) is 0 Å². The van der Waals surface area contributed by atoms with Gasteiger partial charge in [-0.05, 0) is 35.9 Å². The molecule has 5 N–H and O–H groups in total. The minimum absolute atomic E-state index is 0.0211. The Morgan fingerprint density at radius 2 is 1.81 bits per heavy atom. The number of hydrogen-bond acceptors (Lipinski definition) is 12. The van der Waals surface area contributed by atoms with Crippen molar-refractivity contribution in [2.75, 3.05) is 13.7 Å². The Morgan fingerprint density at radius 3 is 2.51 bits per heavy atom. The van der Waals surface area contributed by atoms with Gasteiger partial charge in [-0.2, -0.15) is 0 Å². The topological polar surface area (TPSA) is 185 Å². The van der Waals surface area contributed by atoms with Crippen LogP contribution in [0.15, 0.2) is 57.8 Å². The summed E-state index contributed by atoms with van der Waals surface area (Å²) in [4.78, 5) is 23.9. The Labute approximate surface area is 209 Å². The molecule has 2 heterocycles. The number of phenolic OH excluding ortho intramolecular Hbond substituents is 2. The summed E-state index contributed by atoms with van der Waals surface area (Å²) in [6, 6.07) is 9.54. The van der Waals surface area contributed by atoms with Gasteiger partial charge in [-0.25, -0.2) is 9.59 Å². The molecule has 0 amide bonds. The lowest BCUT2D eigenvalue weighted by Gasteiger charge is -2.41. The highest BCUT2D eigenvalue weighted by Gasteiger charge is 2.47. The Hall–Kier alpha value is -4.10. The van der Waals surface area contributed by atoms with Crippen LogP contribution in [0.25, 0.3) is 17.0 Å². The van der Waals surface area contributed by atoms with Gasteiger partial charge in [-0.15, -0.1) is 0 Å². The molecule has 196 valence electrons. The van der Waals surface area contributed by atoms with E-state index in [0.29, 0.717) is 10.9 Å². The van der Waals surface area contributed by atoms with E-state index in [9.17, 15) is 35.1 Å². The molecular formula is C25H24O12. The first-order valence-corrected chi connectivity index (χ1v) is 11.0. The molecule has 0 spiro atoms. The highest BCUT2D eigenvalue weighted by atomic mass is 16.7. The van der Waals surface area contributed by atoms with Gasteiger partial charge in [-0.3, -0.25) is 0 Å². The van der Waals surface area contributed by atoms with Crippen molar-refractivity contribution in [1.82, 2.24) is 0 Å². The van der Waals surface area contributed by atoms with Gasteiger partial charge >= 0.3 is 11.6 Å². The van der Waals surface area contributed by atoms with Crippen LogP contribution < -0.4 is 15.1 Å². The third-order valence-corrected chi connectivity index (χ3v) is 5.63. The van der Waals surface area contributed by atoms with Crippen LogP contribution in [0.2, 0.25) is 0 Å². The lowest BCUT2D eigenvalue weighted by molar-refractivity contribution is -0.280. The summed E-state index contributed by atoms with van der Waals surface area (Å²) in [5, 5.41) is 50.5. The average Bonchev–Trinajstić information content (AvgIpc) is 2.88. The molecule has 5 atom stereocenters. The van der Waals surface area contributed by atoms with E-state index < -0.39 is 48.9 Å². The number of aliphatic hydroxyl groups is 3. The third-order valence-electron chi connectivity index (χ3n) is 5.63. The third kappa shape index (κ3) is 5.67. The van der Waals surface area contributed by atoms with Crippen molar-refractivity contribution < 1.29 is 53.7 Å². The van der Waals surface area contributed by atoms with Gasteiger partial charge in [0.25, 0.3) is 0 Å². The van der Waals surface area contributed by atoms with Crippen molar-refractivity contribution in [2.45, 2.75) is 30.7 Å². The fourth-order valence-corrected chi connectivity index (χ4v) is 3.73. The Bertz CT molecular complexity index is 1360. The number of phenols is 2. The first-order valence-electron chi connectivity index (χ1n) is 11.0. The summed E-state index contributed by atoms with van der Waals surface area (Å²) in [6.45, 7) is -0.694. The van der Waals surface area contributed by atoms with E-state index in [1.165, 1.54) is 55.7 Å². The van der Waals surface area contributed by atoms with E-state index in [4.69, 9.17) is 23.4 Å². The van der Waals surface area contributed by atoms with E-state index in [1.807, 2.05) is 0 Å². The van der Waals surface area contributed by atoms with Gasteiger partial charge < -0.3 is 48.9 Å². The van der Waals surface area contributed by atoms with Gasteiger partial charge in [0.1, 0.15) is 23.9 Å². The lowest BCUT2D eigenvalue weighted by atomic mass is 9.99. The number of carbonyl (C=O) groups excluding carboxylic acids is 1. The number of benzene rings is 2. The van der Waals surface area contributed by atoms with Crippen LogP contribution in [0.1, 0.15) is 5.56 Å². The summed E-state index contributed by atoms with van der Waals surface area (Å²) in [7, 11) is 1.37. The van der Waals surface area contributed by atoms with E-state index in [-0.39, 0.29) is 28.6 Å². The highest BCUT2D eigenvalue weighted by Crippen LogP contribution is 2.35. The minimum atomic E-state index is -1.72. The molecule has 5 unspecified atom stereocenters. The van der Waals surface area contributed by atoms with Gasteiger partial charge in [0.2, 0.25) is 6.29 Å². The summed E-state index contributed by atoms with van der Waals surface area (Å²) >= 11 is 0. The molecule has 12 heteroatoms. The van der Waals surface area contributed by atoms with Crippen LogP contribution in [0, 0.1) is 0 Å². The van der Waals surface area contributed by atoms with Gasteiger partial charge in [0.05, 0.1) is 13.7 Å². The Balaban J connectivity index is 1.49. The number of rotatable bonds is 7. The maximum atomic E-state index is 12.3. The van der Waals surface area contributed by atoms with Gasteiger partial charge in [-0.1, -0.05) is 6.07 Å². The van der Waals surface area contributed by atoms with Crippen LogP contribution in [0.5, 0.6) is 23.0 Å². The Kier molecular flexibility index (Phi) is 7.64. The summed E-state index contributed by atoms with van der Waals surface area (Å²) < 4.78 is 26.9. The molecule has 1 aromatic heterocycles. The lowest BCUT2D eigenvalue weighted by Crippen LogP contribution is -2.61. The summed E-state index contributed by atoms with van der Waals surface area (Å²) in [6.07, 6.45) is -5.39.